The topological polar surface area (TPSA) is 96.0 Å². The molecule has 0 spiro atoms. The standard InChI is InChI=1S/C23H16F6N2O6/c1-11(32)14-9-12(7-8-30-14)31-21(33)19-16(5-6-17(20(19)24)36-22(25)26)35-15-4-3-13(10-18(15)34-2)37-23(27,28)29/h3-10,22H,1-2H3,(H,30,31,33)/i2D3. The summed E-state index contributed by atoms with van der Waals surface area (Å²) in [5, 5.41) is 2.23. The number of anilines is 1. The maximum absolute atomic E-state index is 15.2. The molecule has 37 heavy (non-hydrogen) atoms. The van der Waals surface area contributed by atoms with Crippen LogP contribution in [0.4, 0.5) is 32.0 Å². The first-order chi connectivity index (χ1) is 18.5. The van der Waals surface area contributed by atoms with E-state index in [1.54, 1.807) is 0 Å². The number of benzene rings is 2. The first-order valence-corrected chi connectivity index (χ1v) is 9.85. The summed E-state index contributed by atoms with van der Waals surface area (Å²) < 4.78 is 118. The predicted molar refractivity (Wildman–Crippen MR) is 115 cm³/mol. The van der Waals surface area contributed by atoms with Gasteiger partial charge in [0.05, 0.1) is 11.2 Å². The zero-order valence-corrected chi connectivity index (χ0v) is 18.4. The molecule has 0 saturated heterocycles. The van der Waals surface area contributed by atoms with Gasteiger partial charge in [0.25, 0.3) is 5.91 Å². The maximum atomic E-state index is 15.2. The maximum Gasteiger partial charge on any atom is 0.573 e. The fourth-order valence-corrected chi connectivity index (χ4v) is 2.89. The number of amides is 1. The fraction of sp³-hybridized carbons (Fsp3) is 0.174. The molecule has 0 unspecified atom stereocenters. The third kappa shape index (κ3) is 7.02. The number of pyridine rings is 1. The minimum absolute atomic E-state index is 0.0594. The Balaban J connectivity index is 2.08. The second-order valence-electron chi connectivity index (χ2n) is 6.93. The molecule has 0 aliphatic heterocycles. The van der Waals surface area contributed by atoms with Gasteiger partial charge in [-0.05, 0) is 36.4 Å². The van der Waals surface area contributed by atoms with Gasteiger partial charge in [0.1, 0.15) is 22.8 Å². The SMILES string of the molecule is [2H]C([2H])([2H])Oc1cc(OC(F)(F)F)ccc1Oc1ccc(OC(F)F)c(F)c1C(=O)Nc1ccnc(C(C)=O)c1. The van der Waals surface area contributed by atoms with Crippen LogP contribution in [-0.4, -0.2) is 36.7 Å². The molecule has 1 heterocycles. The monoisotopic (exact) mass is 533 g/mol. The number of nitrogens with zero attached hydrogens (tertiary/aromatic N) is 1. The van der Waals surface area contributed by atoms with Crippen molar-refractivity contribution in [3.8, 4) is 28.7 Å². The van der Waals surface area contributed by atoms with E-state index in [0.717, 1.165) is 24.4 Å². The number of halogens is 6. The zero-order chi connectivity index (χ0) is 29.8. The van der Waals surface area contributed by atoms with Gasteiger partial charge in [-0.15, -0.1) is 13.2 Å². The summed E-state index contributed by atoms with van der Waals surface area (Å²) in [4.78, 5) is 28.4. The Morgan fingerprint density at radius 2 is 1.73 bits per heavy atom. The molecule has 1 aromatic heterocycles. The van der Waals surface area contributed by atoms with E-state index < -0.39 is 71.8 Å². The number of hydrogen-bond donors (Lipinski definition) is 1. The highest BCUT2D eigenvalue weighted by Crippen LogP contribution is 2.39. The van der Waals surface area contributed by atoms with E-state index in [9.17, 15) is 31.5 Å². The molecule has 0 aliphatic rings. The van der Waals surface area contributed by atoms with Crippen LogP contribution < -0.4 is 24.3 Å². The Kier molecular flexibility index (Phi) is 6.85. The number of Topliss-reactive ketones (excluding diaryl/α,β-unsaturated/α-hetero) is 1. The molecule has 3 rings (SSSR count). The van der Waals surface area contributed by atoms with Gasteiger partial charge < -0.3 is 24.3 Å². The summed E-state index contributed by atoms with van der Waals surface area (Å²) in [7, 11) is -3.20. The smallest absolute Gasteiger partial charge is 0.493 e. The van der Waals surface area contributed by atoms with Crippen LogP contribution in [0.25, 0.3) is 0 Å². The van der Waals surface area contributed by atoms with Gasteiger partial charge in [-0.1, -0.05) is 0 Å². The Hall–Kier alpha value is -4.49. The minimum Gasteiger partial charge on any atom is -0.493 e. The van der Waals surface area contributed by atoms with Crippen LogP contribution in [0.2, 0.25) is 0 Å². The normalized spacial score (nSPS) is 12.7. The van der Waals surface area contributed by atoms with Gasteiger partial charge >= 0.3 is 13.0 Å². The number of rotatable bonds is 9. The molecule has 0 atom stereocenters. The molecule has 0 aliphatic carbocycles. The quantitative estimate of drug-likeness (QED) is 0.267. The fourth-order valence-electron chi connectivity index (χ4n) is 2.89. The Bertz CT molecular complexity index is 1420. The highest BCUT2D eigenvalue weighted by Gasteiger charge is 2.32. The Morgan fingerprint density at radius 3 is 2.38 bits per heavy atom. The van der Waals surface area contributed by atoms with Gasteiger partial charge in [-0.2, -0.15) is 8.78 Å². The first kappa shape index (κ1) is 22.9. The summed E-state index contributed by atoms with van der Waals surface area (Å²) in [6, 6.07) is 5.83. The third-order valence-corrected chi connectivity index (χ3v) is 4.37. The lowest BCUT2D eigenvalue weighted by atomic mass is 10.1. The molecule has 8 nitrogen and oxygen atoms in total. The van der Waals surface area contributed by atoms with Gasteiger partial charge in [0.15, 0.2) is 28.8 Å². The molecule has 196 valence electrons. The predicted octanol–water partition coefficient (Wildman–Crippen LogP) is 5.98. The number of alkyl halides is 5. The van der Waals surface area contributed by atoms with Crippen LogP contribution in [0.15, 0.2) is 48.7 Å². The molecule has 0 saturated carbocycles. The molecule has 2 aromatic carbocycles. The largest absolute Gasteiger partial charge is 0.573 e. The molecule has 1 N–H and O–H groups in total. The van der Waals surface area contributed by atoms with Crippen molar-refractivity contribution >= 4 is 17.4 Å². The summed E-state index contributed by atoms with van der Waals surface area (Å²) in [5.41, 5.74) is -1.16. The number of ether oxygens (including phenoxy) is 4. The van der Waals surface area contributed by atoms with Crippen molar-refractivity contribution in [1.29, 1.82) is 0 Å². The number of methoxy groups -OCH3 is 1. The van der Waals surface area contributed by atoms with E-state index >= 15 is 4.39 Å². The van der Waals surface area contributed by atoms with Crippen molar-refractivity contribution in [1.82, 2.24) is 4.98 Å². The number of nitrogens with one attached hydrogen (secondary N) is 1. The summed E-state index contributed by atoms with van der Waals surface area (Å²) in [6.45, 7) is -2.30. The number of aromatic nitrogens is 1. The van der Waals surface area contributed by atoms with Gasteiger partial charge in [0, 0.05) is 24.9 Å². The van der Waals surface area contributed by atoms with E-state index in [2.05, 4.69) is 24.5 Å². The van der Waals surface area contributed by atoms with Crippen LogP contribution in [0.5, 0.6) is 28.7 Å². The second kappa shape index (κ2) is 11.1. The lowest BCUT2D eigenvalue weighted by Gasteiger charge is -2.17. The zero-order valence-electron chi connectivity index (χ0n) is 21.4. The van der Waals surface area contributed by atoms with Gasteiger partial charge in [-0.3, -0.25) is 14.6 Å². The Labute approximate surface area is 208 Å². The first-order valence-electron chi connectivity index (χ1n) is 11.3. The minimum atomic E-state index is -5.15. The van der Waals surface area contributed by atoms with Crippen molar-refractivity contribution < 1.29 is 59.0 Å². The van der Waals surface area contributed by atoms with E-state index in [4.69, 9.17) is 8.85 Å². The molecule has 0 fully saturated rings. The highest BCUT2D eigenvalue weighted by molar-refractivity contribution is 6.07. The third-order valence-electron chi connectivity index (χ3n) is 4.37. The molecule has 0 bridgehead atoms. The lowest BCUT2D eigenvalue weighted by Crippen LogP contribution is -2.17. The molecule has 0 radical (unpaired) electrons. The second-order valence-corrected chi connectivity index (χ2v) is 6.93. The van der Waals surface area contributed by atoms with Gasteiger partial charge in [-0.25, -0.2) is 4.39 Å². The van der Waals surface area contributed by atoms with Crippen molar-refractivity contribution in [2.24, 2.45) is 0 Å². The van der Waals surface area contributed by atoms with Crippen LogP contribution in [-0.2, 0) is 0 Å². The van der Waals surface area contributed by atoms with E-state index in [-0.39, 0.29) is 11.4 Å². The Morgan fingerprint density at radius 1 is 1.03 bits per heavy atom. The average molecular weight is 533 g/mol. The van der Waals surface area contributed by atoms with Crippen molar-refractivity contribution in [2.45, 2.75) is 19.9 Å². The van der Waals surface area contributed by atoms with Crippen LogP contribution in [0.3, 0.4) is 0 Å². The van der Waals surface area contributed by atoms with Crippen molar-refractivity contribution in [2.75, 3.05) is 12.4 Å². The van der Waals surface area contributed by atoms with Crippen molar-refractivity contribution in [3.63, 3.8) is 0 Å². The molecular weight excluding hydrogens is 514 g/mol. The highest BCUT2D eigenvalue weighted by atomic mass is 19.4. The molecule has 3 aromatic rings. The number of ketones is 1. The summed E-state index contributed by atoms with van der Waals surface area (Å²) in [5.74, 6) is -7.54. The molecular formula is C23H16F6N2O6. The van der Waals surface area contributed by atoms with Gasteiger partial charge in [0.2, 0.25) is 0 Å². The van der Waals surface area contributed by atoms with Crippen molar-refractivity contribution in [3.05, 3.63) is 65.7 Å². The summed E-state index contributed by atoms with van der Waals surface area (Å²) in [6.07, 6.45) is -4.00. The van der Waals surface area contributed by atoms with E-state index in [1.165, 1.54) is 13.0 Å². The number of carbonyl (C=O) groups excluding carboxylic acids is 2. The van der Waals surface area contributed by atoms with E-state index in [0.29, 0.717) is 18.2 Å². The lowest BCUT2D eigenvalue weighted by molar-refractivity contribution is -0.274. The summed E-state index contributed by atoms with van der Waals surface area (Å²) >= 11 is 0. The molecule has 14 heteroatoms. The van der Waals surface area contributed by atoms with Crippen LogP contribution >= 0.6 is 0 Å². The van der Waals surface area contributed by atoms with Crippen LogP contribution in [0, 0.1) is 5.82 Å². The number of carbonyl (C=O) groups is 2. The average Bonchev–Trinajstić information content (AvgIpc) is 2.80. The van der Waals surface area contributed by atoms with E-state index in [1.807, 2.05) is 0 Å². The molecule has 1 amide bonds. The number of hydrogen-bond acceptors (Lipinski definition) is 7. The van der Waals surface area contributed by atoms with Crippen LogP contribution in [0.1, 0.15) is 31.9 Å².